The Labute approximate surface area is 200 Å². The van der Waals surface area contributed by atoms with E-state index in [0.29, 0.717) is 33.1 Å². The number of dihydropyridines is 1. The van der Waals surface area contributed by atoms with E-state index in [2.05, 4.69) is 16.7 Å². The number of benzene rings is 2. The molecule has 0 spiro atoms. The van der Waals surface area contributed by atoms with Crippen LogP contribution in [0.25, 0.3) is 0 Å². The Balaban J connectivity index is 1.64. The van der Waals surface area contributed by atoms with Gasteiger partial charge in [-0.3, -0.25) is 9.59 Å². The first-order valence-corrected chi connectivity index (χ1v) is 12.2. The van der Waals surface area contributed by atoms with E-state index < -0.39 is 5.92 Å². The molecule has 2 N–H and O–H groups in total. The number of Topliss-reactive ketones (excluding diaryl/α,β-unsaturated/α-hetero) is 1. The van der Waals surface area contributed by atoms with Gasteiger partial charge in [-0.2, -0.15) is 5.26 Å². The molecule has 1 atom stereocenters. The van der Waals surface area contributed by atoms with Crippen LogP contribution in [-0.2, 0) is 4.79 Å². The molecule has 0 radical (unpaired) electrons. The van der Waals surface area contributed by atoms with E-state index >= 15 is 0 Å². The van der Waals surface area contributed by atoms with Crippen LogP contribution in [0.5, 0.6) is 0 Å². The molecule has 0 saturated heterocycles. The van der Waals surface area contributed by atoms with Gasteiger partial charge < -0.3 is 10.6 Å². The molecule has 0 aliphatic carbocycles. The van der Waals surface area contributed by atoms with E-state index in [4.69, 9.17) is 0 Å². The lowest BCUT2D eigenvalue weighted by Gasteiger charge is -2.29. The van der Waals surface area contributed by atoms with Crippen LogP contribution in [-0.4, -0.2) is 17.4 Å². The number of para-hydroxylation sites is 1. The van der Waals surface area contributed by atoms with E-state index in [9.17, 15) is 14.9 Å². The summed E-state index contributed by atoms with van der Waals surface area (Å²) in [4.78, 5) is 26.8. The van der Waals surface area contributed by atoms with Crippen molar-refractivity contribution in [3.05, 3.63) is 110 Å². The SMILES string of the molecule is CC1=C(C(=O)Nc2ccccc2)[C@H](c2cccs2)C(C#N)=C(SCC(=O)c2ccccc2)N1. The monoisotopic (exact) mass is 471 g/mol. The number of hydrogen-bond acceptors (Lipinski definition) is 6. The lowest BCUT2D eigenvalue weighted by atomic mass is 9.86. The number of amides is 1. The fourth-order valence-electron chi connectivity index (χ4n) is 3.63. The maximum atomic E-state index is 13.3. The van der Waals surface area contributed by atoms with Crippen molar-refractivity contribution in [3.63, 3.8) is 0 Å². The summed E-state index contributed by atoms with van der Waals surface area (Å²) < 4.78 is 0. The van der Waals surface area contributed by atoms with Crippen LogP contribution in [0.4, 0.5) is 5.69 Å². The zero-order valence-corrected chi connectivity index (χ0v) is 19.5. The number of thioether (sulfide) groups is 1. The van der Waals surface area contributed by atoms with Crippen molar-refractivity contribution in [2.24, 2.45) is 0 Å². The number of nitriles is 1. The van der Waals surface area contributed by atoms with Gasteiger partial charge in [-0.1, -0.05) is 66.4 Å². The molecule has 164 valence electrons. The molecule has 4 rings (SSSR count). The predicted molar refractivity (Wildman–Crippen MR) is 134 cm³/mol. The maximum Gasteiger partial charge on any atom is 0.254 e. The molecule has 7 heteroatoms. The van der Waals surface area contributed by atoms with Crippen molar-refractivity contribution in [2.45, 2.75) is 12.8 Å². The van der Waals surface area contributed by atoms with Gasteiger partial charge >= 0.3 is 0 Å². The highest BCUT2D eigenvalue weighted by molar-refractivity contribution is 8.03. The molecule has 3 aromatic rings. The molecule has 0 unspecified atom stereocenters. The molecule has 0 saturated carbocycles. The molecule has 2 heterocycles. The summed E-state index contributed by atoms with van der Waals surface area (Å²) in [6.07, 6.45) is 0. The molecule has 33 heavy (non-hydrogen) atoms. The Bertz CT molecular complexity index is 1260. The smallest absolute Gasteiger partial charge is 0.254 e. The van der Waals surface area contributed by atoms with Crippen molar-refractivity contribution >= 4 is 40.5 Å². The minimum atomic E-state index is -0.505. The van der Waals surface area contributed by atoms with E-state index in [1.165, 1.54) is 23.1 Å². The summed E-state index contributed by atoms with van der Waals surface area (Å²) in [7, 11) is 0. The summed E-state index contributed by atoms with van der Waals surface area (Å²) in [5.41, 5.74) is 2.91. The highest BCUT2D eigenvalue weighted by atomic mass is 32.2. The van der Waals surface area contributed by atoms with Crippen LogP contribution in [0.15, 0.2) is 100 Å². The van der Waals surface area contributed by atoms with Gasteiger partial charge in [0, 0.05) is 27.4 Å². The van der Waals surface area contributed by atoms with Crippen LogP contribution in [0.2, 0.25) is 0 Å². The third-order valence-corrected chi connectivity index (χ3v) is 7.15. The average Bonchev–Trinajstić information content (AvgIpc) is 3.37. The number of carbonyl (C=O) groups excluding carboxylic acids is 2. The molecular formula is C26H21N3O2S2. The molecule has 0 bridgehead atoms. The van der Waals surface area contributed by atoms with Crippen molar-refractivity contribution in [1.82, 2.24) is 5.32 Å². The molecule has 1 aromatic heterocycles. The van der Waals surface area contributed by atoms with Crippen LogP contribution >= 0.6 is 23.1 Å². The van der Waals surface area contributed by atoms with Gasteiger partial charge in [0.2, 0.25) is 0 Å². The summed E-state index contributed by atoms with van der Waals surface area (Å²) in [6, 6.07) is 24.5. The zero-order valence-electron chi connectivity index (χ0n) is 17.9. The first-order chi connectivity index (χ1) is 16.1. The van der Waals surface area contributed by atoms with Gasteiger partial charge in [-0.15, -0.1) is 11.3 Å². The standard InChI is InChI=1S/C26H21N3O2S2/c1-17-23(25(31)29-19-11-6-3-7-12-19)24(22-13-8-14-32-22)20(15-27)26(28-17)33-16-21(30)18-9-4-2-5-10-18/h2-14,24,28H,16H2,1H3,(H,29,31)/t24-/m0/s1. The highest BCUT2D eigenvalue weighted by Crippen LogP contribution is 2.42. The van der Waals surface area contributed by atoms with Crippen LogP contribution in [0, 0.1) is 11.3 Å². The first-order valence-electron chi connectivity index (χ1n) is 10.3. The van der Waals surface area contributed by atoms with Gasteiger partial charge in [0.25, 0.3) is 5.91 Å². The van der Waals surface area contributed by atoms with E-state index in [-0.39, 0.29) is 17.4 Å². The topological polar surface area (TPSA) is 82.0 Å². The summed E-state index contributed by atoms with van der Waals surface area (Å²) in [6.45, 7) is 1.83. The van der Waals surface area contributed by atoms with E-state index in [1.54, 1.807) is 12.1 Å². The Morgan fingerprint density at radius 1 is 1.06 bits per heavy atom. The molecule has 0 fully saturated rings. The zero-order chi connectivity index (χ0) is 23.2. The van der Waals surface area contributed by atoms with Gasteiger partial charge in [0.05, 0.1) is 28.3 Å². The van der Waals surface area contributed by atoms with Crippen LogP contribution in [0.1, 0.15) is 28.1 Å². The Morgan fingerprint density at radius 2 is 1.76 bits per heavy atom. The number of nitrogens with one attached hydrogen (secondary N) is 2. The number of nitrogens with zero attached hydrogens (tertiary/aromatic N) is 1. The lowest BCUT2D eigenvalue weighted by molar-refractivity contribution is -0.113. The average molecular weight is 472 g/mol. The molecule has 5 nitrogen and oxygen atoms in total. The second-order valence-corrected chi connectivity index (χ2v) is 9.33. The highest BCUT2D eigenvalue weighted by Gasteiger charge is 2.35. The van der Waals surface area contributed by atoms with Gasteiger partial charge in [-0.25, -0.2) is 0 Å². The second-order valence-electron chi connectivity index (χ2n) is 7.36. The molecular weight excluding hydrogens is 450 g/mol. The van der Waals surface area contributed by atoms with Crippen LogP contribution in [0.3, 0.4) is 0 Å². The summed E-state index contributed by atoms with van der Waals surface area (Å²) in [5, 5.41) is 18.8. The number of allylic oxidation sites excluding steroid dienone is 2. The predicted octanol–water partition coefficient (Wildman–Crippen LogP) is 5.70. The minimum Gasteiger partial charge on any atom is -0.353 e. The third kappa shape index (κ3) is 5.08. The van der Waals surface area contributed by atoms with Gasteiger partial charge in [0.1, 0.15) is 0 Å². The first kappa shape index (κ1) is 22.6. The largest absolute Gasteiger partial charge is 0.353 e. The number of ketones is 1. The number of rotatable bonds is 7. The Hall–Kier alpha value is -3.60. The quantitative estimate of drug-likeness (QED) is 0.432. The lowest BCUT2D eigenvalue weighted by Crippen LogP contribution is -2.30. The number of carbonyl (C=O) groups is 2. The van der Waals surface area contributed by atoms with Gasteiger partial charge in [-0.05, 0) is 30.5 Å². The number of thiophene rings is 1. The number of anilines is 1. The van der Waals surface area contributed by atoms with E-state index in [0.717, 1.165) is 4.88 Å². The molecule has 2 aromatic carbocycles. The third-order valence-electron chi connectivity index (χ3n) is 5.19. The second kappa shape index (κ2) is 10.3. The van der Waals surface area contributed by atoms with Crippen molar-refractivity contribution in [1.29, 1.82) is 5.26 Å². The molecule has 1 aliphatic heterocycles. The normalized spacial score (nSPS) is 15.6. The fraction of sp³-hybridized carbons (Fsp3) is 0.115. The van der Waals surface area contributed by atoms with Crippen molar-refractivity contribution in [3.8, 4) is 6.07 Å². The Morgan fingerprint density at radius 3 is 2.39 bits per heavy atom. The fourth-order valence-corrected chi connectivity index (χ4v) is 5.46. The Kier molecular flexibility index (Phi) is 7.08. The van der Waals surface area contributed by atoms with Crippen molar-refractivity contribution < 1.29 is 9.59 Å². The van der Waals surface area contributed by atoms with E-state index in [1.807, 2.05) is 73.0 Å². The summed E-state index contributed by atoms with van der Waals surface area (Å²) in [5.74, 6) is -0.599. The minimum absolute atomic E-state index is 0.0193. The maximum absolute atomic E-state index is 13.3. The number of hydrogen-bond donors (Lipinski definition) is 2. The van der Waals surface area contributed by atoms with Crippen molar-refractivity contribution in [2.75, 3.05) is 11.1 Å². The molecule has 1 aliphatic rings. The summed E-state index contributed by atoms with van der Waals surface area (Å²) >= 11 is 2.79. The molecule has 1 amide bonds. The van der Waals surface area contributed by atoms with Gasteiger partial charge in [0.15, 0.2) is 5.78 Å². The van der Waals surface area contributed by atoms with Crippen LogP contribution < -0.4 is 10.6 Å².